The Kier molecular flexibility index (Phi) is 5.88. The second-order valence-electron chi connectivity index (χ2n) is 5.91. The van der Waals surface area contributed by atoms with E-state index in [9.17, 15) is 5.26 Å². The third kappa shape index (κ3) is 4.40. The van der Waals surface area contributed by atoms with E-state index >= 15 is 0 Å². The topological polar surface area (TPSA) is 124 Å². The van der Waals surface area contributed by atoms with Gasteiger partial charge in [0.2, 0.25) is 5.88 Å². The highest BCUT2D eigenvalue weighted by Crippen LogP contribution is 2.35. The van der Waals surface area contributed by atoms with E-state index in [0.29, 0.717) is 41.3 Å². The van der Waals surface area contributed by atoms with Crippen LogP contribution in [-0.2, 0) is 4.74 Å². The number of aromatic nitrogens is 6. The Balaban J connectivity index is 1.65. The van der Waals surface area contributed by atoms with E-state index in [1.807, 2.05) is 12.1 Å². The molecular formula is C19H16N8O2S. The van der Waals surface area contributed by atoms with Crippen molar-refractivity contribution in [2.75, 3.05) is 25.6 Å². The summed E-state index contributed by atoms with van der Waals surface area (Å²) in [6, 6.07) is 9.39. The van der Waals surface area contributed by atoms with Crippen molar-refractivity contribution in [3.8, 4) is 28.2 Å². The second-order valence-corrected chi connectivity index (χ2v) is 6.89. The maximum atomic E-state index is 9.22. The van der Waals surface area contributed by atoms with Gasteiger partial charge in [-0.05, 0) is 12.1 Å². The molecule has 30 heavy (non-hydrogen) atoms. The molecule has 0 amide bonds. The van der Waals surface area contributed by atoms with Crippen LogP contribution in [0.25, 0.3) is 16.3 Å². The lowest BCUT2D eigenvalue weighted by atomic mass is 10.1. The monoisotopic (exact) mass is 420 g/mol. The van der Waals surface area contributed by atoms with Gasteiger partial charge in [0.05, 0.1) is 30.6 Å². The molecule has 4 aromatic rings. The minimum atomic E-state index is 0.377. The predicted octanol–water partition coefficient (Wildman–Crippen LogP) is 2.82. The van der Waals surface area contributed by atoms with Crippen LogP contribution in [0.3, 0.4) is 0 Å². The summed E-state index contributed by atoms with van der Waals surface area (Å²) < 4.78 is 12.1. The fourth-order valence-electron chi connectivity index (χ4n) is 2.57. The summed E-state index contributed by atoms with van der Waals surface area (Å²) in [7, 11) is 1.60. The average Bonchev–Trinajstić information content (AvgIpc) is 3.44. The molecule has 1 aromatic carbocycles. The number of rotatable bonds is 8. The Bertz CT molecular complexity index is 1170. The van der Waals surface area contributed by atoms with Crippen LogP contribution in [0.5, 0.6) is 5.88 Å². The Morgan fingerprint density at radius 1 is 1.20 bits per heavy atom. The smallest absolute Gasteiger partial charge is 0.234 e. The first kappa shape index (κ1) is 19.4. The minimum Gasteiger partial charge on any atom is -0.474 e. The van der Waals surface area contributed by atoms with E-state index in [4.69, 9.17) is 14.5 Å². The molecule has 0 aliphatic rings. The van der Waals surface area contributed by atoms with Gasteiger partial charge >= 0.3 is 0 Å². The van der Waals surface area contributed by atoms with Gasteiger partial charge in [-0.2, -0.15) is 15.3 Å². The zero-order valence-corrected chi connectivity index (χ0v) is 16.7. The first-order valence-corrected chi connectivity index (χ1v) is 9.65. The number of nitrogens with one attached hydrogen (secondary N) is 1. The standard InChI is InChI=1S/C19H16N8O2S/c1-28-5-6-29-16-10-21-9-15(24-16)25-19-26-17(14-4-2-3-13(7-14)8-20)18(30-19)27-12-22-11-23-27/h2-4,7,9-12H,5-6H2,1H3,(H,24,25,26). The normalized spacial score (nSPS) is 10.5. The number of ether oxygens (including phenoxy) is 2. The van der Waals surface area contributed by atoms with Gasteiger partial charge in [-0.3, -0.25) is 4.98 Å². The van der Waals surface area contributed by atoms with Crippen molar-refractivity contribution in [2.45, 2.75) is 0 Å². The lowest BCUT2D eigenvalue weighted by molar-refractivity contribution is 0.143. The van der Waals surface area contributed by atoms with E-state index in [1.165, 1.54) is 23.9 Å². The SMILES string of the molecule is COCCOc1cncc(Nc2nc(-c3cccc(C#N)c3)c(-n3cncn3)s2)n1. The molecule has 0 aliphatic heterocycles. The molecule has 0 unspecified atom stereocenters. The molecule has 0 aliphatic carbocycles. The van der Waals surface area contributed by atoms with Crippen LogP contribution in [0, 0.1) is 11.3 Å². The zero-order valence-electron chi connectivity index (χ0n) is 15.9. The van der Waals surface area contributed by atoms with E-state index in [0.717, 1.165) is 10.6 Å². The zero-order chi connectivity index (χ0) is 20.8. The minimum absolute atomic E-state index is 0.377. The number of methoxy groups -OCH3 is 1. The lowest BCUT2D eigenvalue weighted by Crippen LogP contribution is -2.06. The van der Waals surface area contributed by atoms with Gasteiger partial charge in [0.25, 0.3) is 0 Å². The van der Waals surface area contributed by atoms with Crippen LogP contribution in [0.15, 0.2) is 49.3 Å². The molecule has 10 nitrogen and oxygen atoms in total. The van der Waals surface area contributed by atoms with Crippen molar-refractivity contribution >= 4 is 22.3 Å². The number of benzene rings is 1. The highest BCUT2D eigenvalue weighted by molar-refractivity contribution is 7.18. The maximum Gasteiger partial charge on any atom is 0.234 e. The first-order valence-electron chi connectivity index (χ1n) is 8.84. The average molecular weight is 420 g/mol. The predicted molar refractivity (Wildman–Crippen MR) is 110 cm³/mol. The van der Waals surface area contributed by atoms with Gasteiger partial charge in [-0.1, -0.05) is 23.5 Å². The molecule has 0 saturated carbocycles. The molecule has 4 rings (SSSR count). The summed E-state index contributed by atoms with van der Waals surface area (Å²) in [5, 5.41) is 17.9. The van der Waals surface area contributed by atoms with E-state index < -0.39 is 0 Å². The fourth-order valence-corrected chi connectivity index (χ4v) is 3.50. The molecule has 3 aromatic heterocycles. The quantitative estimate of drug-likeness (QED) is 0.428. The Morgan fingerprint density at radius 3 is 2.93 bits per heavy atom. The third-order valence-electron chi connectivity index (χ3n) is 3.89. The highest BCUT2D eigenvalue weighted by atomic mass is 32.1. The fraction of sp³-hybridized carbons (Fsp3) is 0.158. The number of nitriles is 1. The van der Waals surface area contributed by atoms with E-state index in [2.05, 4.69) is 31.4 Å². The Labute approximate surface area is 175 Å². The second kappa shape index (κ2) is 9.08. The van der Waals surface area contributed by atoms with Crippen LogP contribution in [-0.4, -0.2) is 50.0 Å². The highest BCUT2D eigenvalue weighted by Gasteiger charge is 2.17. The first-order chi connectivity index (χ1) is 14.8. The number of anilines is 2. The molecule has 0 atom stereocenters. The van der Waals surface area contributed by atoms with Crippen LogP contribution >= 0.6 is 11.3 Å². The van der Waals surface area contributed by atoms with Gasteiger partial charge in [0, 0.05) is 12.7 Å². The van der Waals surface area contributed by atoms with Crippen molar-refractivity contribution in [1.29, 1.82) is 5.26 Å². The largest absolute Gasteiger partial charge is 0.474 e. The van der Waals surface area contributed by atoms with Gasteiger partial charge in [0.1, 0.15) is 30.0 Å². The number of nitrogens with zero attached hydrogens (tertiary/aromatic N) is 7. The summed E-state index contributed by atoms with van der Waals surface area (Å²) in [4.78, 5) is 17.2. The molecule has 1 N–H and O–H groups in total. The Morgan fingerprint density at radius 2 is 2.13 bits per heavy atom. The van der Waals surface area contributed by atoms with E-state index in [-0.39, 0.29) is 0 Å². The molecule has 0 saturated heterocycles. The van der Waals surface area contributed by atoms with Gasteiger partial charge in [-0.15, -0.1) is 0 Å². The number of hydrogen-bond acceptors (Lipinski definition) is 10. The van der Waals surface area contributed by atoms with Crippen molar-refractivity contribution in [3.63, 3.8) is 0 Å². The van der Waals surface area contributed by atoms with Crippen LogP contribution in [0.4, 0.5) is 10.9 Å². The molecule has 150 valence electrons. The number of thiazole rings is 1. The molecular weight excluding hydrogens is 404 g/mol. The van der Waals surface area contributed by atoms with Crippen LogP contribution in [0.1, 0.15) is 5.56 Å². The van der Waals surface area contributed by atoms with Gasteiger partial charge in [-0.25, -0.2) is 14.6 Å². The van der Waals surface area contributed by atoms with Crippen LogP contribution < -0.4 is 10.1 Å². The molecule has 11 heteroatoms. The summed E-state index contributed by atoms with van der Waals surface area (Å²) in [5.41, 5.74) is 2.02. The van der Waals surface area contributed by atoms with E-state index in [1.54, 1.807) is 36.4 Å². The molecule has 3 heterocycles. The van der Waals surface area contributed by atoms with Crippen molar-refractivity contribution in [2.24, 2.45) is 0 Å². The molecule has 0 radical (unpaired) electrons. The lowest BCUT2D eigenvalue weighted by Gasteiger charge is -2.06. The maximum absolute atomic E-state index is 9.22. The third-order valence-corrected chi connectivity index (χ3v) is 4.85. The van der Waals surface area contributed by atoms with Crippen molar-refractivity contribution < 1.29 is 9.47 Å². The summed E-state index contributed by atoms with van der Waals surface area (Å²) >= 11 is 1.37. The summed E-state index contributed by atoms with van der Waals surface area (Å²) in [6.45, 7) is 0.833. The van der Waals surface area contributed by atoms with Crippen molar-refractivity contribution in [1.82, 2.24) is 29.7 Å². The van der Waals surface area contributed by atoms with Crippen LogP contribution in [0.2, 0.25) is 0 Å². The van der Waals surface area contributed by atoms with Crippen molar-refractivity contribution in [3.05, 3.63) is 54.9 Å². The Hall–Kier alpha value is -3.88. The van der Waals surface area contributed by atoms with Gasteiger partial charge < -0.3 is 14.8 Å². The molecule has 0 spiro atoms. The molecule has 0 bridgehead atoms. The molecule has 0 fully saturated rings. The van der Waals surface area contributed by atoms with Gasteiger partial charge in [0.15, 0.2) is 10.9 Å². The summed E-state index contributed by atoms with van der Waals surface area (Å²) in [5.74, 6) is 0.869. The summed E-state index contributed by atoms with van der Waals surface area (Å²) in [6.07, 6.45) is 6.16. The number of hydrogen-bond donors (Lipinski definition) is 1.